The fourth-order valence-corrected chi connectivity index (χ4v) is 3.24. The lowest BCUT2D eigenvalue weighted by Gasteiger charge is -2.21. The summed E-state index contributed by atoms with van der Waals surface area (Å²) >= 11 is 0. The van der Waals surface area contributed by atoms with Gasteiger partial charge in [0.1, 0.15) is 18.0 Å². The van der Waals surface area contributed by atoms with Crippen LogP contribution in [0.1, 0.15) is 29.7 Å². The molecule has 0 fully saturated rings. The number of halogens is 1. The van der Waals surface area contributed by atoms with E-state index in [1.807, 2.05) is 6.07 Å². The van der Waals surface area contributed by atoms with Crippen molar-refractivity contribution in [1.29, 1.82) is 5.26 Å². The maximum absolute atomic E-state index is 14.1. The van der Waals surface area contributed by atoms with Gasteiger partial charge in [0, 0.05) is 53.6 Å². The van der Waals surface area contributed by atoms with Gasteiger partial charge >= 0.3 is 0 Å². The molecular formula is C22H22FN7O. The fraction of sp³-hybridized carbons (Fsp3) is 0.182. The summed E-state index contributed by atoms with van der Waals surface area (Å²) in [6, 6.07) is 7.92. The van der Waals surface area contributed by atoms with Gasteiger partial charge in [-0.15, -0.1) is 0 Å². The average molecular weight is 419 g/mol. The minimum Gasteiger partial charge on any atom is -0.482 e. The lowest BCUT2D eigenvalue weighted by molar-refractivity contribution is 0.226. The van der Waals surface area contributed by atoms with Gasteiger partial charge in [0.25, 0.3) is 0 Å². The summed E-state index contributed by atoms with van der Waals surface area (Å²) in [6.45, 7) is 1.86. The zero-order valence-electron chi connectivity index (χ0n) is 17.1. The van der Waals surface area contributed by atoms with E-state index in [2.05, 4.69) is 15.0 Å². The monoisotopic (exact) mass is 419 g/mol. The molecular weight excluding hydrogens is 397 g/mol. The summed E-state index contributed by atoms with van der Waals surface area (Å²) in [6.07, 6.45) is 3.62. The molecule has 1 aliphatic rings. The summed E-state index contributed by atoms with van der Waals surface area (Å²) in [5, 5.41) is 9.52. The van der Waals surface area contributed by atoms with Crippen molar-refractivity contribution >= 4 is 23.4 Å². The van der Waals surface area contributed by atoms with Gasteiger partial charge in [-0.1, -0.05) is 0 Å². The highest BCUT2D eigenvalue weighted by molar-refractivity contribution is 6.15. The normalized spacial score (nSPS) is 17.2. The number of ether oxygens (including phenoxy) is 1. The minimum atomic E-state index is -0.608. The number of allylic oxidation sites excluding steroid dienone is 1. The van der Waals surface area contributed by atoms with Crippen molar-refractivity contribution in [2.24, 2.45) is 21.5 Å². The quantitative estimate of drug-likeness (QED) is 0.503. The van der Waals surface area contributed by atoms with Crippen LogP contribution in [0.25, 0.3) is 5.70 Å². The lowest BCUT2D eigenvalue weighted by Crippen LogP contribution is -2.16. The van der Waals surface area contributed by atoms with E-state index in [1.165, 1.54) is 24.5 Å². The lowest BCUT2D eigenvalue weighted by atomic mass is 9.97. The van der Waals surface area contributed by atoms with Crippen LogP contribution in [0, 0.1) is 17.1 Å². The maximum atomic E-state index is 14.1. The number of fused-ring (bicyclic) bond motifs is 3. The molecule has 0 saturated heterocycles. The summed E-state index contributed by atoms with van der Waals surface area (Å²) in [7, 11) is 1.61. The molecule has 2 aromatic rings. The summed E-state index contributed by atoms with van der Waals surface area (Å²) in [4.78, 5) is 12.8. The molecule has 6 N–H and O–H groups in total. The van der Waals surface area contributed by atoms with Crippen molar-refractivity contribution in [3.63, 3.8) is 0 Å². The molecule has 2 bridgehead atoms. The zero-order chi connectivity index (χ0) is 22.5. The second kappa shape index (κ2) is 9.09. The number of nitrogens with zero attached hydrogens (tertiary/aromatic N) is 4. The standard InChI is InChI=1S/C22H22FN7O/c1-12-18-6-16(23)3-4-17(18)20(26)15(9-28-2)11-29-21(14(7-24)8-25)13-5-19(31-12)22(27)30-10-13/h3-7,9-10,12H,11,24,26H2,1-2H3,(H2,27,30)/t12-/m1/s1. The third-order valence-corrected chi connectivity index (χ3v) is 4.78. The minimum absolute atomic E-state index is 0.100. The Morgan fingerprint density at radius 2 is 2.13 bits per heavy atom. The number of aromatic nitrogens is 1. The Kier molecular flexibility index (Phi) is 6.31. The molecule has 3 rings (SSSR count). The number of aliphatic imine (C=N–C) groups is 2. The van der Waals surface area contributed by atoms with Gasteiger partial charge in [0.2, 0.25) is 0 Å². The van der Waals surface area contributed by atoms with Crippen LogP contribution in [0.3, 0.4) is 0 Å². The molecule has 0 radical (unpaired) electrons. The number of hydrogen-bond donors (Lipinski definition) is 3. The van der Waals surface area contributed by atoms with E-state index in [0.29, 0.717) is 33.7 Å². The SMILES string of the molecule is CN=CC1=C(N)c2ccc(F)cc2[C@@H](C)Oc2cc(cnc2N)C(C(C#N)=CN)=NC1. The number of nitrogen functional groups attached to an aromatic ring is 1. The van der Waals surface area contributed by atoms with E-state index >= 15 is 0 Å². The van der Waals surface area contributed by atoms with Crippen LogP contribution in [-0.2, 0) is 0 Å². The van der Waals surface area contributed by atoms with Crippen molar-refractivity contribution in [2.45, 2.75) is 13.0 Å². The Morgan fingerprint density at radius 3 is 2.81 bits per heavy atom. The highest BCUT2D eigenvalue weighted by atomic mass is 19.1. The highest BCUT2D eigenvalue weighted by Gasteiger charge is 2.21. The van der Waals surface area contributed by atoms with Crippen LogP contribution in [-0.4, -0.2) is 30.5 Å². The maximum Gasteiger partial charge on any atom is 0.166 e. The zero-order valence-corrected chi connectivity index (χ0v) is 17.1. The van der Waals surface area contributed by atoms with Crippen LogP contribution < -0.4 is 21.9 Å². The first-order valence-corrected chi connectivity index (χ1v) is 9.39. The number of pyridine rings is 1. The molecule has 31 heavy (non-hydrogen) atoms. The van der Waals surface area contributed by atoms with Gasteiger partial charge in [-0.2, -0.15) is 5.26 Å². The number of anilines is 1. The molecule has 2 heterocycles. The van der Waals surface area contributed by atoms with Gasteiger partial charge in [-0.25, -0.2) is 9.37 Å². The van der Waals surface area contributed by atoms with Gasteiger partial charge in [0.15, 0.2) is 11.6 Å². The smallest absolute Gasteiger partial charge is 0.166 e. The molecule has 9 heteroatoms. The van der Waals surface area contributed by atoms with Crippen molar-refractivity contribution in [1.82, 2.24) is 4.98 Å². The van der Waals surface area contributed by atoms with Crippen molar-refractivity contribution in [2.75, 3.05) is 19.3 Å². The van der Waals surface area contributed by atoms with E-state index in [-0.39, 0.29) is 23.7 Å². The third-order valence-electron chi connectivity index (χ3n) is 4.78. The Labute approximate surface area is 179 Å². The molecule has 0 unspecified atom stereocenters. The van der Waals surface area contributed by atoms with E-state index < -0.39 is 11.9 Å². The average Bonchev–Trinajstić information content (AvgIpc) is 2.76. The number of nitrogens with two attached hydrogens (primary N) is 3. The van der Waals surface area contributed by atoms with Gasteiger partial charge in [0.05, 0.1) is 17.8 Å². The van der Waals surface area contributed by atoms with Gasteiger partial charge in [-0.05, 0) is 31.2 Å². The predicted molar refractivity (Wildman–Crippen MR) is 119 cm³/mol. The predicted octanol–water partition coefficient (Wildman–Crippen LogP) is 2.48. The van der Waals surface area contributed by atoms with Crippen molar-refractivity contribution in [3.05, 3.63) is 70.3 Å². The Hall–Kier alpha value is -4.19. The number of hydrogen-bond acceptors (Lipinski definition) is 8. The molecule has 0 saturated carbocycles. The first kappa shape index (κ1) is 21.5. The second-order valence-electron chi connectivity index (χ2n) is 6.78. The van der Waals surface area contributed by atoms with E-state index in [9.17, 15) is 9.65 Å². The first-order chi connectivity index (χ1) is 14.9. The summed E-state index contributed by atoms with van der Waals surface area (Å²) < 4.78 is 20.1. The highest BCUT2D eigenvalue weighted by Crippen LogP contribution is 2.32. The molecule has 0 amide bonds. The molecule has 1 aromatic carbocycles. The number of nitriles is 1. The Bertz CT molecular complexity index is 1170. The summed E-state index contributed by atoms with van der Waals surface area (Å²) in [5.41, 5.74) is 21.1. The van der Waals surface area contributed by atoms with Crippen molar-refractivity contribution < 1.29 is 9.13 Å². The topological polar surface area (TPSA) is 149 Å². The molecule has 158 valence electrons. The molecule has 1 aliphatic heterocycles. The van der Waals surface area contributed by atoms with Crippen LogP contribution >= 0.6 is 0 Å². The molecule has 0 aliphatic carbocycles. The van der Waals surface area contributed by atoms with E-state index in [4.69, 9.17) is 21.9 Å². The van der Waals surface area contributed by atoms with Gasteiger partial charge in [-0.3, -0.25) is 9.98 Å². The van der Waals surface area contributed by atoms with Crippen LogP contribution in [0.5, 0.6) is 5.75 Å². The molecule has 8 nitrogen and oxygen atoms in total. The molecule has 1 aromatic heterocycles. The second-order valence-corrected chi connectivity index (χ2v) is 6.78. The largest absolute Gasteiger partial charge is 0.482 e. The third kappa shape index (κ3) is 4.38. The fourth-order valence-electron chi connectivity index (χ4n) is 3.24. The van der Waals surface area contributed by atoms with Crippen LogP contribution in [0.4, 0.5) is 10.2 Å². The van der Waals surface area contributed by atoms with E-state index in [1.54, 1.807) is 32.3 Å². The Morgan fingerprint density at radius 1 is 1.35 bits per heavy atom. The summed E-state index contributed by atoms with van der Waals surface area (Å²) in [5.74, 6) is -0.0186. The Balaban J connectivity index is 2.34. The van der Waals surface area contributed by atoms with Crippen LogP contribution in [0.15, 0.2) is 57.8 Å². The number of rotatable bonds is 2. The van der Waals surface area contributed by atoms with Gasteiger partial charge < -0.3 is 21.9 Å². The molecule has 1 atom stereocenters. The first-order valence-electron chi connectivity index (χ1n) is 9.39. The van der Waals surface area contributed by atoms with Crippen LogP contribution in [0.2, 0.25) is 0 Å². The van der Waals surface area contributed by atoms with E-state index in [0.717, 1.165) is 0 Å². The van der Waals surface area contributed by atoms with Crippen molar-refractivity contribution in [3.8, 4) is 11.8 Å². The molecule has 0 spiro atoms. The number of benzene rings is 1.